The molecule has 1 amide bonds. The highest BCUT2D eigenvalue weighted by atomic mass is 35.5. The van der Waals surface area contributed by atoms with Crippen molar-refractivity contribution in [3.63, 3.8) is 0 Å². The van der Waals surface area contributed by atoms with E-state index in [-0.39, 0.29) is 29.6 Å². The van der Waals surface area contributed by atoms with Gasteiger partial charge in [0.25, 0.3) is 11.5 Å². The summed E-state index contributed by atoms with van der Waals surface area (Å²) in [6, 6.07) is 12.0. The lowest BCUT2D eigenvalue weighted by molar-refractivity contribution is 0.102. The number of methoxy groups -OCH3 is 1. The number of aromatic nitrogens is 2. The normalized spacial score (nSPS) is 10.6. The maximum atomic E-state index is 12.9. The minimum Gasteiger partial charge on any atom is -0.495 e. The number of amides is 1. The Bertz CT molecular complexity index is 1060. The zero-order valence-electron chi connectivity index (χ0n) is 15.9. The van der Waals surface area contributed by atoms with Crippen LogP contribution in [-0.2, 0) is 6.54 Å². The third-order valence-electron chi connectivity index (χ3n) is 4.11. The second-order valence-electron chi connectivity index (χ2n) is 6.69. The number of benzene rings is 2. The van der Waals surface area contributed by atoms with Crippen molar-refractivity contribution in [3.05, 3.63) is 58.5 Å². The van der Waals surface area contributed by atoms with Crippen molar-refractivity contribution in [2.24, 2.45) is 5.92 Å². The Morgan fingerprint density at radius 1 is 1.21 bits per heavy atom. The van der Waals surface area contributed by atoms with Crippen LogP contribution in [0.4, 0.5) is 11.4 Å². The Balaban J connectivity index is 0.00000280. The zero-order chi connectivity index (χ0) is 19.6. The molecule has 8 heteroatoms. The molecule has 0 radical (unpaired) electrons. The molecule has 0 aliphatic rings. The molecule has 3 aromatic rings. The Hall–Kier alpha value is -3.06. The van der Waals surface area contributed by atoms with Crippen molar-refractivity contribution in [1.29, 1.82) is 0 Å². The topological polar surface area (TPSA) is 99.2 Å². The van der Waals surface area contributed by atoms with E-state index in [1.807, 2.05) is 13.8 Å². The van der Waals surface area contributed by atoms with Crippen LogP contribution < -0.4 is 21.3 Å². The van der Waals surface area contributed by atoms with Gasteiger partial charge in [0, 0.05) is 17.6 Å². The Morgan fingerprint density at radius 2 is 1.89 bits per heavy atom. The summed E-state index contributed by atoms with van der Waals surface area (Å²) in [6.45, 7) is 4.41. The molecule has 0 atom stereocenters. The van der Waals surface area contributed by atoms with Gasteiger partial charge in [-0.05, 0) is 30.2 Å². The zero-order valence-corrected chi connectivity index (χ0v) is 16.7. The molecule has 7 nitrogen and oxygen atoms in total. The van der Waals surface area contributed by atoms with E-state index in [9.17, 15) is 9.59 Å². The van der Waals surface area contributed by atoms with E-state index in [1.165, 1.54) is 11.8 Å². The van der Waals surface area contributed by atoms with Crippen LogP contribution in [-0.4, -0.2) is 22.8 Å². The number of fused-ring (bicyclic) bond motifs is 1. The molecule has 2 aromatic carbocycles. The van der Waals surface area contributed by atoms with E-state index in [0.29, 0.717) is 34.4 Å². The number of nitrogens with zero attached hydrogens (tertiary/aromatic N) is 2. The standard InChI is InChI=1S/C20H22N4O3.ClH/c1-12(2)11-24-20(26)15-7-5-4-6-14(15)18(23-24)19(25)22-13-8-9-17(27-3)16(21)10-13;/h4-10,12H,11,21H2,1-3H3,(H,22,25);1H. The van der Waals surface area contributed by atoms with Crippen LogP contribution in [0, 0.1) is 5.92 Å². The van der Waals surface area contributed by atoms with Gasteiger partial charge in [0.15, 0.2) is 5.69 Å². The highest BCUT2D eigenvalue weighted by Crippen LogP contribution is 2.25. The lowest BCUT2D eigenvalue weighted by atomic mass is 10.1. The van der Waals surface area contributed by atoms with Crippen LogP contribution in [0.5, 0.6) is 5.75 Å². The van der Waals surface area contributed by atoms with Crippen LogP contribution in [0.3, 0.4) is 0 Å². The number of hydrogen-bond donors (Lipinski definition) is 2. The van der Waals surface area contributed by atoms with Crippen LogP contribution in [0.2, 0.25) is 0 Å². The first-order valence-electron chi connectivity index (χ1n) is 8.65. The number of anilines is 2. The van der Waals surface area contributed by atoms with Crippen LogP contribution in [0.15, 0.2) is 47.3 Å². The van der Waals surface area contributed by atoms with Gasteiger partial charge in [0.2, 0.25) is 0 Å². The van der Waals surface area contributed by atoms with Gasteiger partial charge < -0.3 is 15.8 Å². The number of nitrogen functional groups attached to an aromatic ring is 1. The van der Waals surface area contributed by atoms with Gasteiger partial charge in [-0.1, -0.05) is 32.0 Å². The van der Waals surface area contributed by atoms with Gasteiger partial charge >= 0.3 is 0 Å². The fraction of sp³-hybridized carbons (Fsp3) is 0.250. The van der Waals surface area contributed by atoms with Crippen molar-refractivity contribution in [3.8, 4) is 5.75 Å². The van der Waals surface area contributed by atoms with E-state index in [1.54, 1.807) is 42.5 Å². The highest BCUT2D eigenvalue weighted by molar-refractivity contribution is 6.11. The second kappa shape index (κ2) is 8.75. The van der Waals surface area contributed by atoms with Crippen molar-refractivity contribution >= 4 is 40.5 Å². The molecule has 3 N–H and O–H groups in total. The molecule has 0 aliphatic heterocycles. The van der Waals surface area contributed by atoms with E-state index in [4.69, 9.17) is 10.5 Å². The predicted molar refractivity (Wildman–Crippen MR) is 113 cm³/mol. The molecule has 0 unspecified atom stereocenters. The summed E-state index contributed by atoms with van der Waals surface area (Å²) in [5.74, 6) is 0.337. The molecule has 0 spiro atoms. The fourth-order valence-electron chi connectivity index (χ4n) is 2.87. The summed E-state index contributed by atoms with van der Waals surface area (Å²) in [4.78, 5) is 25.5. The summed E-state index contributed by atoms with van der Waals surface area (Å²) in [7, 11) is 1.53. The average molecular weight is 403 g/mol. The number of ether oxygens (including phenoxy) is 1. The number of hydrogen-bond acceptors (Lipinski definition) is 5. The van der Waals surface area contributed by atoms with Gasteiger partial charge in [-0.15, -0.1) is 12.4 Å². The molecule has 28 heavy (non-hydrogen) atoms. The van der Waals surface area contributed by atoms with Gasteiger partial charge in [0.05, 0.1) is 18.2 Å². The van der Waals surface area contributed by atoms with E-state index in [0.717, 1.165) is 0 Å². The van der Waals surface area contributed by atoms with Crippen LogP contribution >= 0.6 is 12.4 Å². The van der Waals surface area contributed by atoms with Crippen molar-refractivity contribution in [1.82, 2.24) is 9.78 Å². The highest BCUT2D eigenvalue weighted by Gasteiger charge is 2.17. The van der Waals surface area contributed by atoms with Crippen molar-refractivity contribution in [2.45, 2.75) is 20.4 Å². The summed E-state index contributed by atoms with van der Waals surface area (Å²) < 4.78 is 6.48. The van der Waals surface area contributed by atoms with E-state index in [2.05, 4.69) is 10.4 Å². The fourth-order valence-corrected chi connectivity index (χ4v) is 2.87. The smallest absolute Gasteiger partial charge is 0.276 e. The molecule has 1 heterocycles. The van der Waals surface area contributed by atoms with Gasteiger partial charge in [-0.2, -0.15) is 5.10 Å². The molecule has 0 fully saturated rings. The van der Waals surface area contributed by atoms with Crippen LogP contribution in [0.1, 0.15) is 24.3 Å². The van der Waals surface area contributed by atoms with Gasteiger partial charge in [-0.3, -0.25) is 9.59 Å². The molecule has 0 aliphatic carbocycles. The molecule has 3 rings (SSSR count). The first-order valence-corrected chi connectivity index (χ1v) is 8.65. The quantitative estimate of drug-likeness (QED) is 0.638. The first kappa shape index (κ1) is 21.2. The minimum atomic E-state index is -0.409. The van der Waals surface area contributed by atoms with Crippen molar-refractivity contribution in [2.75, 3.05) is 18.2 Å². The molecule has 0 saturated carbocycles. The van der Waals surface area contributed by atoms with Crippen molar-refractivity contribution < 1.29 is 9.53 Å². The molecule has 1 aromatic heterocycles. The number of nitrogens with one attached hydrogen (secondary N) is 1. The molecule has 0 bridgehead atoms. The minimum absolute atomic E-state index is 0. The number of carbonyl (C=O) groups excluding carboxylic acids is 1. The molecule has 0 saturated heterocycles. The third-order valence-corrected chi connectivity index (χ3v) is 4.11. The number of carbonyl (C=O) groups is 1. The average Bonchev–Trinajstić information content (AvgIpc) is 2.64. The maximum Gasteiger partial charge on any atom is 0.276 e. The monoisotopic (exact) mass is 402 g/mol. The second-order valence-corrected chi connectivity index (χ2v) is 6.69. The lowest BCUT2D eigenvalue weighted by Crippen LogP contribution is -2.29. The number of rotatable bonds is 5. The number of nitrogens with two attached hydrogens (primary N) is 1. The summed E-state index contributed by atoms with van der Waals surface area (Å²) >= 11 is 0. The SMILES string of the molecule is COc1ccc(NC(=O)c2nn(CC(C)C)c(=O)c3ccccc23)cc1N.Cl. The maximum absolute atomic E-state index is 12.9. The number of halogens is 1. The predicted octanol–water partition coefficient (Wildman–Crippen LogP) is 3.32. The van der Waals surface area contributed by atoms with Crippen LogP contribution in [0.25, 0.3) is 10.8 Å². The Labute approximate surface area is 168 Å². The van der Waals surface area contributed by atoms with E-state index < -0.39 is 5.91 Å². The first-order chi connectivity index (χ1) is 12.9. The Morgan fingerprint density at radius 3 is 2.50 bits per heavy atom. The molecular weight excluding hydrogens is 380 g/mol. The molecular formula is C20H23ClN4O3. The molecule has 148 valence electrons. The summed E-state index contributed by atoms with van der Waals surface area (Å²) in [5.41, 5.74) is 6.82. The third kappa shape index (κ3) is 4.26. The summed E-state index contributed by atoms with van der Waals surface area (Å²) in [6.07, 6.45) is 0. The van der Waals surface area contributed by atoms with Gasteiger partial charge in [-0.25, -0.2) is 4.68 Å². The lowest BCUT2D eigenvalue weighted by Gasteiger charge is -2.13. The van der Waals surface area contributed by atoms with E-state index >= 15 is 0 Å². The largest absolute Gasteiger partial charge is 0.495 e. The summed E-state index contributed by atoms with van der Waals surface area (Å²) in [5, 5.41) is 8.10. The van der Waals surface area contributed by atoms with Gasteiger partial charge in [0.1, 0.15) is 5.75 Å². The Kier molecular flexibility index (Phi) is 6.64.